The van der Waals surface area contributed by atoms with E-state index in [1.165, 1.54) is 25.7 Å². The number of hydrogen-bond donors (Lipinski definition) is 1. The van der Waals surface area contributed by atoms with E-state index in [0.717, 1.165) is 19.3 Å². The smallest absolute Gasteiger partial charge is 0.348 e. The van der Waals surface area contributed by atoms with Crippen LogP contribution in [0.5, 0.6) is 0 Å². The molecule has 1 fully saturated rings. The van der Waals surface area contributed by atoms with Gasteiger partial charge in [-0.15, -0.1) is 0 Å². The molecule has 2 atom stereocenters. The Labute approximate surface area is 121 Å². The van der Waals surface area contributed by atoms with E-state index in [0.29, 0.717) is 19.3 Å². The van der Waals surface area contributed by atoms with E-state index in [9.17, 15) is 14.7 Å². The van der Waals surface area contributed by atoms with E-state index in [4.69, 9.17) is 4.74 Å². The maximum atomic E-state index is 11.6. The van der Waals surface area contributed by atoms with Crippen LogP contribution in [-0.4, -0.2) is 22.6 Å². The minimum absolute atomic E-state index is 0.170. The van der Waals surface area contributed by atoms with Gasteiger partial charge in [0.15, 0.2) is 0 Å². The van der Waals surface area contributed by atoms with Crippen molar-refractivity contribution in [2.24, 2.45) is 5.92 Å². The third kappa shape index (κ3) is 4.80. The molecule has 20 heavy (non-hydrogen) atoms. The summed E-state index contributed by atoms with van der Waals surface area (Å²) < 4.78 is 5.25. The van der Waals surface area contributed by atoms with Gasteiger partial charge < -0.3 is 9.84 Å². The fraction of sp³-hybridized carbons (Fsp3) is 0.875. The Balaban J connectivity index is 2.33. The molecule has 1 saturated heterocycles. The van der Waals surface area contributed by atoms with Crippen LogP contribution in [0.2, 0.25) is 0 Å². The Hall–Kier alpha value is -1.06. The standard InChI is InChI=1S/C16H28O4/c1-3-4-5-6-7-8-9-11-16(15(18)19)12-10-13(2)14(17)20-16/h13H,3-12H2,1-2H3,(H,18,19)/t13-,16+/m1/s1. The summed E-state index contributed by atoms with van der Waals surface area (Å²) in [4.78, 5) is 23.1. The van der Waals surface area contributed by atoms with Crippen LogP contribution >= 0.6 is 0 Å². The molecule has 116 valence electrons. The minimum atomic E-state index is -1.26. The average molecular weight is 284 g/mol. The summed E-state index contributed by atoms with van der Waals surface area (Å²) >= 11 is 0. The van der Waals surface area contributed by atoms with Gasteiger partial charge in [-0.25, -0.2) is 4.79 Å². The SMILES string of the molecule is CCCCCCCCC[C@@]1(C(=O)O)CC[C@@H](C)C(=O)O1. The molecule has 0 aromatic rings. The van der Waals surface area contributed by atoms with Crippen molar-refractivity contribution < 1.29 is 19.4 Å². The summed E-state index contributed by atoms with van der Waals surface area (Å²) in [5, 5.41) is 9.39. The third-order valence-electron chi connectivity index (χ3n) is 4.25. The van der Waals surface area contributed by atoms with Crippen molar-refractivity contribution in [2.75, 3.05) is 0 Å². The van der Waals surface area contributed by atoms with Gasteiger partial charge >= 0.3 is 11.9 Å². The quantitative estimate of drug-likeness (QED) is 0.515. The molecule has 0 aromatic carbocycles. The molecule has 1 rings (SSSR count). The molecule has 4 nitrogen and oxygen atoms in total. The van der Waals surface area contributed by atoms with E-state index >= 15 is 0 Å². The summed E-state index contributed by atoms with van der Waals surface area (Å²) in [6.45, 7) is 3.98. The lowest BCUT2D eigenvalue weighted by atomic mass is 9.85. The van der Waals surface area contributed by atoms with Crippen LogP contribution < -0.4 is 0 Å². The summed E-state index contributed by atoms with van der Waals surface area (Å²) in [7, 11) is 0. The molecule has 0 bridgehead atoms. The molecular weight excluding hydrogens is 256 g/mol. The highest BCUT2D eigenvalue weighted by Gasteiger charge is 2.46. The van der Waals surface area contributed by atoms with Crippen LogP contribution in [0.4, 0.5) is 0 Å². The number of unbranched alkanes of at least 4 members (excludes halogenated alkanes) is 6. The van der Waals surface area contributed by atoms with Gasteiger partial charge in [0.05, 0.1) is 5.92 Å². The lowest BCUT2D eigenvalue weighted by Crippen LogP contribution is -2.48. The highest BCUT2D eigenvalue weighted by atomic mass is 16.6. The van der Waals surface area contributed by atoms with Crippen molar-refractivity contribution in [3.05, 3.63) is 0 Å². The van der Waals surface area contributed by atoms with Crippen molar-refractivity contribution in [1.29, 1.82) is 0 Å². The molecule has 1 N–H and O–H groups in total. The predicted molar refractivity (Wildman–Crippen MR) is 77.5 cm³/mol. The van der Waals surface area contributed by atoms with Crippen molar-refractivity contribution in [1.82, 2.24) is 0 Å². The molecule has 0 amide bonds. The number of carbonyl (C=O) groups is 2. The van der Waals surface area contributed by atoms with Crippen LogP contribution in [0.15, 0.2) is 0 Å². The lowest BCUT2D eigenvalue weighted by molar-refractivity contribution is -0.190. The Morgan fingerprint density at radius 2 is 1.85 bits per heavy atom. The number of hydrogen-bond acceptors (Lipinski definition) is 3. The highest BCUT2D eigenvalue weighted by molar-refractivity contribution is 5.84. The second-order valence-electron chi connectivity index (χ2n) is 6.03. The molecule has 0 unspecified atom stereocenters. The van der Waals surface area contributed by atoms with Gasteiger partial charge in [0.25, 0.3) is 0 Å². The van der Waals surface area contributed by atoms with Gasteiger partial charge in [-0.3, -0.25) is 4.79 Å². The molecule has 1 aliphatic heterocycles. The number of cyclic esters (lactones) is 1. The van der Waals surface area contributed by atoms with Crippen molar-refractivity contribution in [3.63, 3.8) is 0 Å². The number of esters is 1. The van der Waals surface area contributed by atoms with Gasteiger partial charge in [0.2, 0.25) is 5.60 Å². The lowest BCUT2D eigenvalue weighted by Gasteiger charge is -2.35. The van der Waals surface area contributed by atoms with E-state index in [2.05, 4.69) is 6.92 Å². The Kier molecular flexibility index (Phi) is 7.03. The number of rotatable bonds is 9. The van der Waals surface area contributed by atoms with Gasteiger partial charge in [-0.05, 0) is 25.7 Å². The summed E-state index contributed by atoms with van der Waals surface area (Å²) in [6, 6.07) is 0. The van der Waals surface area contributed by atoms with Gasteiger partial charge in [-0.1, -0.05) is 52.4 Å². The third-order valence-corrected chi connectivity index (χ3v) is 4.25. The van der Waals surface area contributed by atoms with Crippen LogP contribution in [0.25, 0.3) is 0 Å². The number of aliphatic carboxylic acids is 1. The molecule has 4 heteroatoms. The Bertz CT molecular complexity index is 326. The van der Waals surface area contributed by atoms with Crippen molar-refractivity contribution >= 4 is 11.9 Å². The first-order valence-corrected chi connectivity index (χ1v) is 7.98. The zero-order valence-corrected chi connectivity index (χ0v) is 12.8. The van der Waals surface area contributed by atoms with E-state index < -0.39 is 11.6 Å². The van der Waals surface area contributed by atoms with Crippen LogP contribution in [0.3, 0.4) is 0 Å². The molecule has 0 spiro atoms. The zero-order chi connectivity index (χ0) is 15.0. The van der Waals surface area contributed by atoms with Gasteiger partial charge in [0, 0.05) is 0 Å². The fourth-order valence-corrected chi connectivity index (χ4v) is 2.71. The van der Waals surface area contributed by atoms with Gasteiger partial charge in [-0.2, -0.15) is 0 Å². The first-order chi connectivity index (χ1) is 9.52. The summed E-state index contributed by atoms with van der Waals surface area (Å²) in [6.07, 6.45) is 9.47. The van der Waals surface area contributed by atoms with Crippen LogP contribution in [0, 0.1) is 5.92 Å². The Morgan fingerprint density at radius 3 is 2.40 bits per heavy atom. The topological polar surface area (TPSA) is 63.6 Å². The van der Waals surface area contributed by atoms with Gasteiger partial charge in [0.1, 0.15) is 0 Å². The monoisotopic (exact) mass is 284 g/mol. The highest BCUT2D eigenvalue weighted by Crippen LogP contribution is 2.33. The van der Waals surface area contributed by atoms with E-state index in [1.807, 2.05) is 0 Å². The number of carboxylic acid groups (broad SMARTS) is 1. The minimum Gasteiger partial charge on any atom is -0.478 e. The second kappa shape index (κ2) is 8.28. The first-order valence-electron chi connectivity index (χ1n) is 7.98. The summed E-state index contributed by atoms with van der Waals surface area (Å²) in [5.74, 6) is -1.51. The molecular formula is C16H28O4. The number of carbonyl (C=O) groups excluding carboxylic acids is 1. The maximum absolute atomic E-state index is 11.6. The number of ether oxygens (including phenoxy) is 1. The average Bonchev–Trinajstić information content (AvgIpc) is 2.41. The number of carboxylic acids is 1. The Morgan fingerprint density at radius 1 is 1.25 bits per heavy atom. The first kappa shape index (κ1) is 17.0. The molecule has 0 aromatic heterocycles. The van der Waals surface area contributed by atoms with E-state index in [-0.39, 0.29) is 11.9 Å². The molecule has 1 aliphatic rings. The maximum Gasteiger partial charge on any atom is 0.348 e. The zero-order valence-electron chi connectivity index (χ0n) is 12.8. The molecule has 0 aliphatic carbocycles. The van der Waals surface area contributed by atoms with E-state index in [1.54, 1.807) is 6.92 Å². The predicted octanol–water partition coefficient (Wildman–Crippen LogP) is 3.92. The molecule has 0 saturated carbocycles. The van der Waals surface area contributed by atoms with Crippen LogP contribution in [0.1, 0.15) is 78.1 Å². The van der Waals surface area contributed by atoms with Crippen LogP contribution in [-0.2, 0) is 14.3 Å². The molecule has 0 radical (unpaired) electrons. The molecule has 1 heterocycles. The fourth-order valence-electron chi connectivity index (χ4n) is 2.71. The van der Waals surface area contributed by atoms with Crippen molar-refractivity contribution in [2.45, 2.75) is 83.7 Å². The van der Waals surface area contributed by atoms with Crippen molar-refractivity contribution in [3.8, 4) is 0 Å². The largest absolute Gasteiger partial charge is 0.478 e. The normalized spacial score (nSPS) is 26.3. The second-order valence-corrected chi connectivity index (χ2v) is 6.03. The summed E-state index contributed by atoms with van der Waals surface area (Å²) in [5.41, 5.74) is -1.26.